The first kappa shape index (κ1) is 11.2. The van der Waals surface area contributed by atoms with Crippen molar-refractivity contribution < 1.29 is 0 Å². The van der Waals surface area contributed by atoms with E-state index in [1.165, 1.54) is 25.7 Å². The van der Waals surface area contributed by atoms with Crippen LogP contribution >= 0.6 is 0 Å². The molecule has 0 aromatic rings. The summed E-state index contributed by atoms with van der Waals surface area (Å²) in [6.07, 6.45) is 6.87. The van der Waals surface area contributed by atoms with Crippen LogP contribution in [0.5, 0.6) is 0 Å². The van der Waals surface area contributed by atoms with Crippen molar-refractivity contribution in [1.29, 1.82) is 0 Å². The Morgan fingerprint density at radius 1 is 1.42 bits per heavy atom. The minimum absolute atomic E-state index is 0.976. The summed E-state index contributed by atoms with van der Waals surface area (Å²) in [6, 6.07) is 0. The molecule has 0 fully saturated rings. The predicted molar refractivity (Wildman–Crippen MR) is 55.5 cm³/mol. The smallest absolute Gasteiger partial charge is 0.0491 e. The standard InChI is InChI=1S/C10H20N2/c1-4-5-6-7-8-11-12-9-10(2)3/h9,11H,2,4-8H2,1,3H3. The molecule has 0 bridgehead atoms. The summed E-state index contributed by atoms with van der Waals surface area (Å²) in [7, 11) is 0. The maximum Gasteiger partial charge on any atom is 0.0491 e. The van der Waals surface area contributed by atoms with Crippen LogP contribution in [0.15, 0.2) is 17.3 Å². The van der Waals surface area contributed by atoms with Crippen molar-refractivity contribution in [3.8, 4) is 0 Å². The van der Waals surface area contributed by atoms with Crippen LogP contribution in [0.4, 0.5) is 0 Å². The molecule has 0 rings (SSSR count). The fourth-order valence-corrected chi connectivity index (χ4v) is 0.851. The van der Waals surface area contributed by atoms with Crippen LogP contribution < -0.4 is 5.43 Å². The van der Waals surface area contributed by atoms with E-state index in [1.54, 1.807) is 6.21 Å². The molecular weight excluding hydrogens is 148 g/mol. The lowest BCUT2D eigenvalue weighted by molar-refractivity contribution is 0.616. The van der Waals surface area contributed by atoms with Crippen molar-refractivity contribution in [3.05, 3.63) is 12.2 Å². The van der Waals surface area contributed by atoms with Gasteiger partial charge in [0.2, 0.25) is 0 Å². The van der Waals surface area contributed by atoms with Crippen molar-refractivity contribution in [3.63, 3.8) is 0 Å². The van der Waals surface area contributed by atoms with Gasteiger partial charge in [-0.2, -0.15) is 5.10 Å². The van der Waals surface area contributed by atoms with E-state index in [9.17, 15) is 0 Å². The van der Waals surface area contributed by atoms with E-state index in [0.717, 1.165) is 12.1 Å². The van der Waals surface area contributed by atoms with Crippen molar-refractivity contribution in [2.45, 2.75) is 39.5 Å². The fourth-order valence-electron chi connectivity index (χ4n) is 0.851. The van der Waals surface area contributed by atoms with Crippen LogP contribution in [-0.2, 0) is 0 Å². The Labute approximate surface area is 75.7 Å². The first-order valence-electron chi connectivity index (χ1n) is 4.68. The van der Waals surface area contributed by atoms with Crippen molar-refractivity contribution in [2.75, 3.05) is 6.54 Å². The summed E-state index contributed by atoms with van der Waals surface area (Å²) in [6.45, 7) is 8.84. The Hall–Kier alpha value is -0.790. The Morgan fingerprint density at radius 3 is 2.75 bits per heavy atom. The summed E-state index contributed by atoms with van der Waals surface area (Å²) in [5, 5.41) is 3.99. The third-order valence-corrected chi connectivity index (χ3v) is 1.52. The van der Waals surface area contributed by atoms with Crippen LogP contribution in [0.3, 0.4) is 0 Å². The molecule has 0 unspecified atom stereocenters. The van der Waals surface area contributed by atoms with Gasteiger partial charge < -0.3 is 5.43 Å². The Bertz CT molecular complexity index is 139. The second-order valence-corrected chi connectivity index (χ2v) is 3.07. The highest BCUT2D eigenvalue weighted by Gasteiger charge is 1.84. The third kappa shape index (κ3) is 9.21. The molecule has 0 atom stereocenters. The Morgan fingerprint density at radius 2 is 2.17 bits per heavy atom. The second kappa shape index (κ2) is 8.31. The molecule has 0 aliphatic rings. The topological polar surface area (TPSA) is 24.4 Å². The molecule has 0 radical (unpaired) electrons. The zero-order valence-electron chi connectivity index (χ0n) is 8.27. The zero-order valence-corrected chi connectivity index (χ0v) is 8.27. The minimum atomic E-state index is 0.976. The van der Waals surface area contributed by atoms with Crippen LogP contribution in [0.25, 0.3) is 0 Å². The van der Waals surface area contributed by atoms with E-state index in [0.29, 0.717) is 0 Å². The van der Waals surface area contributed by atoms with Gasteiger partial charge in [0.25, 0.3) is 0 Å². The molecule has 70 valence electrons. The molecule has 0 aromatic carbocycles. The molecule has 0 spiro atoms. The van der Waals surface area contributed by atoms with Gasteiger partial charge in [0.05, 0.1) is 0 Å². The SMILES string of the molecule is C=C(C)C=NNCCCCCC. The van der Waals surface area contributed by atoms with E-state index in [4.69, 9.17) is 0 Å². The van der Waals surface area contributed by atoms with Gasteiger partial charge in [-0.05, 0) is 18.9 Å². The van der Waals surface area contributed by atoms with E-state index in [-0.39, 0.29) is 0 Å². The lowest BCUT2D eigenvalue weighted by atomic mass is 10.2. The van der Waals surface area contributed by atoms with Crippen LogP contribution in [0.1, 0.15) is 39.5 Å². The van der Waals surface area contributed by atoms with Gasteiger partial charge in [0, 0.05) is 12.8 Å². The van der Waals surface area contributed by atoms with Gasteiger partial charge in [0.15, 0.2) is 0 Å². The van der Waals surface area contributed by atoms with Gasteiger partial charge in [0.1, 0.15) is 0 Å². The van der Waals surface area contributed by atoms with E-state index >= 15 is 0 Å². The Balaban J connectivity index is 3.05. The zero-order chi connectivity index (χ0) is 9.23. The number of unbranched alkanes of at least 4 members (excludes halogenated alkanes) is 3. The van der Waals surface area contributed by atoms with Crippen LogP contribution in [0.2, 0.25) is 0 Å². The molecule has 12 heavy (non-hydrogen) atoms. The fraction of sp³-hybridized carbons (Fsp3) is 0.700. The average Bonchev–Trinajstić information content (AvgIpc) is 2.02. The molecule has 0 saturated heterocycles. The number of nitrogens with one attached hydrogen (secondary N) is 1. The molecule has 0 aliphatic carbocycles. The maximum atomic E-state index is 3.99. The molecule has 0 aromatic heterocycles. The van der Waals surface area contributed by atoms with Gasteiger partial charge in [-0.25, -0.2) is 0 Å². The average molecular weight is 168 g/mol. The molecule has 0 heterocycles. The largest absolute Gasteiger partial charge is 0.310 e. The molecular formula is C10H20N2. The van der Waals surface area contributed by atoms with Crippen molar-refractivity contribution >= 4 is 6.21 Å². The first-order valence-corrected chi connectivity index (χ1v) is 4.68. The summed E-state index contributed by atoms with van der Waals surface area (Å²) in [5.74, 6) is 0. The third-order valence-electron chi connectivity index (χ3n) is 1.52. The first-order chi connectivity index (χ1) is 5.77. The lowest BCUT2D eigenvalue weighted by Crippen LogP contribution is -2.07. The monoisotopic (exact) mass is 168 g/mol. The van der Waals surface area contributed by atoms with Gasteiger partial charge in [-0.3, -0.25) is 0 Å². The lowest BCUT2D eigenvalue weighted by Gasteiger charge is -1.98. The number of rotatable bonds is 7. The molecule has 2 heteroatoms. The molecule has 0 saturated carbocycles. The highest BCUT2D eigenvalue weighted by Crippen LogP contribution is 1.96. The minimum Gasteiger partial charge on any atom is -0.310 e. The molecule has 0 amide bonds. The summed E-state index contributed by atoms with van der Waals surface area (Å²) in [5.41, 5.74) is 3.97. The van der Waals surface area contributed by atoms with E-state index in [1.807, 2.05) is 6.92 Å². The second-order valence-electron chi connectivity index (χ2n) is 3.07. The Kier molecular flexibility index (Phi) is 7.76. The molecule has 2 nitrogen and oxygen atoms in total. The summed E-state index contributed by atoms with van der Waals surface area (Å²) >= 11 is 0. The number of hydrazone groups is 1. The van der Waals surface area contributed by atoms with E-state index < -0.39 is 0 Å². The number of hydrogen-bond acceptors (Lipinski definition) is 2. The molecule has 1 N–H and O–H groups in total. The maximum absolute atomic E-state index is 3.99. The van der Waals surface area contributed by atoms with Gasteiger partial charge in [-0.15, -0.1) is 0 Å². The number of hydrogen-bond donors (Lipinski definition) is 1. The number of allylic oxidation sites excluding steroid dienone is 1. The molecule has 0 aliphatic heterocycles. The predicted octanol–water partition coefficient (Wildman–Crippen LogP) is 2.72. The van der Waals surface area contributed by atoms with Gasteiger partial charge in [-0.1, -0.05) is 32.8 Å². The highest BCUT2D eigenvalue weighted by atomic mass is 15.3. The summed E-state index contributed by atoms with van der Waals surface area (Å²) in [4.78, 5) is 0. The van der Waals surface area contributed by atoms with Gasteiger partial charge >= 0.3 is 0 Å². The normalized spacial score (nSPS) is 10.5. The van der Waals surface area contributed by atoms with E-state index in [2.05, 4.69) is 24.0 Å². The quantitative estimate of drug-likeness (QED) is 0.353. The number of nitrogens with zero attached hydrogens (tertiary/aromatic N) is 1. The van der Waals surface area contributed by atoms with Crippen LogP contribution in [0, 0.1) is 0 Å². The van der Waals surface area contributed by atoms with Crippen LogP contribution in [-0.4, -0.2) is 12.8 Å². The van der Waals surface area contributed by atoms with Crippen molar-refractivity contribution in [2.24, 2.45) is 5.10 Å². The summed E-state index contributed by atoms with van der Waals surface area (Å²) < 4.78 is 0. The highest BCUT2D eigenvalue weighted by molar-refractivity contribution is 5.76. The van der Waals surface area contributed by atoms with Crippen molar-refractivity contribution in [1.82, 2.24) is 5.43 Å².